The molecule has 1 aliphatic heterocycles. The third kappa shape index (κ3) is 1.65. The second kappa shape index (κ2) is 4.12. The van der Waals surface area contributed by atoms with Gasteiger partial charge in [-0.2, -0.15) is 0 Å². The van der Waals surface area contributed by atoms with E-state index >= 15 is 0 Å². The first-order valence-corrected chi connectivity index (χ1v) is 6.67. The molecule has 0 fully saturated rings. The van der Waals surface area contributed by atoms with Crippen LogP contribution in [0.2, 0.25) is 0 Å². The Labute approximate surface area is 121 Å². The van der Waals surface area contributed by atoms with Gasteiger partial charge in [0.1, 0.15) is 0 Å². The lowest BCUT2D eigenvalue weighted by Gasteiger charge is -2.15. The van der Waals surface area contributed by atoms with E-state index in [2.05, 4.69) is 22.1 Å². The average molecular weight is 276 g/mol. The van der Waals surface area contributed by atoms with Crippen LogP contribution in [0.5, 0.6) is 0 Å². The number of pyridine rings is 1. The minimum Gasteiger partial charge on any atom is -0.465 e. The van der Waals surface area contributed by atoms with Crippen molar-refractivity contribution in [3.05, 3.63) is 58.1 Å². The normalized spacial score (nSPS) is 20.6. The number of esters is 1. The lowest BCUT2D eigenvalue weighted by Crippen LogP contribution is -2.22. The van der Waals surface area contributed by atoms with Gasteiger partial charge in [0.2, 0.25) is 0 Å². The van der Waals surface area contributed by atoms with Gasteiger partial charge in [0.05, 0.1) is 18.1 Å². The molecule has 4 rings (SSSR count). The Hall–Kier alpha value is -2.75. The Morgan fingerprint density at radius 3 is 2.90 bits per heavy atom. The minimum absolute atomic E-state index is 0.325. The molecule has 21 heavy (non-hydrogen) atoms. The molecule has 2 heterocycles. The topological polar surface area (TPSA) is 51.5 Å². The van der Waals surface area contributed by atoms with Crippen LogP contribution in [0.15, 0.2) is 41.5 Å². The van der Waals surface area contributed by atoms with Crippen molar-refractivity contribution in [2.24, 2.45) is 4.99 Å². The Morgan fingerprint density at radius 2 is 2.05 bits per heavy atom. The van der Waals surface area contributed by atoms with E-state index in [0.29, 0.717) is 5.56 Å². The van der Waals surface area contributed by atoms with Gasteiger partial charge in [-0.05, 0) is 28.6 Å². The molecule has 4 nitrogen and oxygen atoms in total. The number of aromatic nitrogens is 1. The molecule has 0 radical (unpaired) electrons. The number of benzene rings is 1. The van der Waals surface area contributed by atoms with Crippen LogP contribution < -0.4 is 10.4 Å². The zero-order chi connectivity index (χ0) is 14.4. The summed E-state index contributed by atoms with van der Waals surface area (Å²) in [5.41, 5.74) is 1.28. The number of nitrogens with zero attached hydrogens (tertiary/aromatic N) is 2. The quantitative estimate of drug-likeness (QED) is 0.733. The zero-order valence-electron chi connectivity index (χ0n) is 11.4. The van der Waals surface area contributed by atoms with Crippen LogP contribution in [0.4, 0.5) is 5.82 Å². The number of hydrogen-bond donors (Lipinski definition) is 0. The van der Waals surface area contributed by atoms with Crippen molar-refractivity contribution in [3.8, 4) is 0 Å². The fourth-order valence-electron chi connectivity index (χ4n) is 2.94. The molecule has 1 aliphatic carbocycles. The lowest BCUT2D eigenvalue weighted by molar-refractivity contribution is 0.0600. The van der Waals surface area contributed by atoms with Gasteiger partial charge in [0, 0.05) is 18.0 Å². The molecule has 4 heteroatoms. The van der Waals surface area contributed by atoms with E-state index in [4.69, 9.17) is 4.74 Å². The van der Waals surface area contributed by atoms with Crippen molar-refractivity contribution in [2.45, 2.75) is 5.41 Å². The number of carbonyl (C=O) groups excluding carboxylic acids is 1. The van der Waals surface area contributed by atoms with Gasteiger partial charge in [0.25, 0.3) is 0 Å². The highest BCUT2D eigenvalue weighted by atomic mass is 16.5. The molecule has 0 amide bonds. The molecule has 1 aromatic carbocycles. The molecule has 2 aromatic rings. The maximum atomic E-state index is 11.6. The zero-order valence-corrected chi connectivity index (χ0v) is 11.4. The van der Waals surface area contributed by atoms with Crippen LogP contribution in [0.3, 0.4) is 0 Å². The summed E-state index contributed by atoms with van der Waals surface area (Å²) in [5.74, 6) is 0.431. The Kier molecular flexibility index (Phi) is 2.36. The van der Waals surface area contributed by atoms with Crippen LogP contribution in [0.25, 0.3) is 12.2 Å². The maximum Gasteiger partial charge on any atom is 0.337 e. The number of aliphatic imine (C=N–C) groups is 1. The second-order valence-electron chi connectivity index (χ2n) is 5.19. The van der Waals surface area contributed by atoms with Gasteiger partial charge in [-0.25, -0.2) is 14.8 Å². The summed E-state index contributed by atoms with van der Waals surface area (Å²) in [5, 5.41) is 2.10. The maximum absolute atomic E-state index is 11.6. The highest BCUT2D eigenvalue weighted by Gasteiger charge is 2.34. The molecule has 1 atom stereocenters. The van der Waals surface area contributed by atoms with Gasteiger partial charge in [-0.1, -0.05) is 24.3 Å². The summed E-state index contributed by atoms with van der Waals surface area (Å²) in [6.45, 7) is 0. The predicted molar refractivity (Wildman–Crippen MR) is 80.0 cm³/mol. The van der Waals surface area contributed by atoms with Gasteiger partial charge < -0.3 is 4.74 Å². The van der Waals surface area contributed by atoms with E-state index in [1.165, 1.54) is 7.11 Å². The van der Waals surface area contributed by atoms with Crippen molar-refractivity contribution in [1.29, 1.82) is 0 Å². The monoisotopic (exact) mass is 276 g/mol. The SMILES string of the molecule is COC(=O)c1ccc2c(c1)=CC1(C=Nc3ncccc31)C=2. The van der Waals surface area contributed by atoms with E-state index in [1.54, 1.807) is 12.3 Å². The second-order valence-corrected chi connectivity index (χ2v) is 5.19. The number of carbonyl (C=O) groups is 1. The Bertz CT molecular complexity index is 915. The van der Waals surface area contributed by atoms with E-state index in [-0.39, 0.29) is 11.4 Å². The average Bonchev–Trinajstić information content (AvgIpc) is 3.07. The number of hydrogen-bond acceptors (Lipinski definition) is 4. The fraction of sp³-hybridized carbons (Fsp3) is 0.118. The molecule has 0 saturated heterocycles. The standard InChI is InChI=1S/C17H12N2O2/c1-21-16(20)11-4-5-12-8-17(9-13(12)7-11)10-19-15-14(17)3-2-6-18-15/h2-10H,1H3. The van der Waals surface area contributed by atoms with Gasteiger partial charge in [-0.3, -0.25) is 0 Å². The third-order valence-corrected chi connectivity index (χ3v) is 3.95. The molecule has 1 unspecified atom stereocenters. The van der Waals surface area contributed by atoms with Crippen molar-refractivity contribution < 1.29 is 9.53 Å². The number of fused-ring (bicyclic) bond motifs is 3. The first-order chi connectivity index (χ1) is 10.2. The van der Waals surface area contributed by atoms with Crippen molar-refractivity contribution >= 4 is 30.2 Å². The van der Waals surface area contributed by atoms with Crippen LogP contribution >= 0.6 is 0 Å². The van der Waals surface area contributed by atoms with Gasteiger partial charge in [-0.15, -0.1) is 0 Å². The predicted octanol–water partition coefficient (Wildman–Crippen LogP) is 1.10. The first-order valence-electron chi connectivity index (χ1n) is 6.67. The van der Waals surface area contributed by atoms with Crippen molar-refractivity contribution in [2.75, 3.05) is 7.11 Å². The number of rotatable bonds is 1. The van der Waals surface area contributed by atoms with Crippen LogP contribution in [-0.4, -0.2) is 24.3 Å². The summed E-state index contributed by atoms with van der Waals surface area (Å²) in [4.78, 5) is 20.3. The summed E-state index contributed by atoms with van der Waals surface area (Å²) in [6, 6.07) is 9.53. The molecule has 0 bridgehead atoms. The molecular weight excluding hydrogens is 264 g/mol. The smallest absolute Gasteiger partial charge is 0.337 e. The van der Waals surface area contributed by atoms with Gasteiger partial charge in [0.15, 0.2) is 5.82 Å². The summed E-state index contributed by atoms with van der Waals surface area (Å²) in [7, 11) is 1.39. The summed E-state index contributed by atoms with van der Waals surface area (Å²) >= 11 is 0. The van der Waals surface area contributed by atoms with Crippen LogP contribution in [0, 0.1) is 0 Å². The molecule has 2 aliphatic rings. The molecule has 0 saturated carbocycles. The number of methoxy groups -OCH3 is 1. The minimum atomic E-state index is -0.347. The fourth-order valence-corrected chi connectivity index (χ4v) is 2.94. The first kappa shape index (κ1) is 12.0. The van der Waals surface area contributed by atoms with Crippen molar-refractivity contribution in [3.63, 3.8) is 0 Å². The summed E-state index contributed by atoms with van der Waals surface area (Å²) < 4.78 is 4.77. The molecule has 1 spiro atoms. The molecule has 0 N–H and O–H groups in total. The highest BCUT2D eigenvalue weighted by molar-refractivity contribution is 6.00. The van der Waals surface area contributed by atoms with Crippen molar-refractivity contribution in [1.82, 2.24) is 4.98 Å². The largest absolute Gasteiger partial charge is 0.465 e. The van der Waals surface area contributed by atoms with Crippen LogP contribution in [-0.2, 0) is 10.2 Å². The highest BCUT2D eigenvalue weighted by Crippen LogP contribution is 2.38. The van der Waals surface area contributed by atoms with E-state index in [1.807, 2.05) is 30.5 Å². The molecular formula is C17H12N2O2. The van der Waals surface area contributed by atoms with E-state index in [9.17, 15) is 4.79 Å². The Morgan fingerprint density at radius 1 is 1.19 bits per heavy atom. The molecule has 1 aromatic heterocycles. The lowest BCUT2D eigenvalue weighted by atomic mass is 9.85. The Balaban J connectivity index is 1.91. The van der Waals surface area contributed by atoms with E-state index < -0.39 is 0 Å². The van der Waals surface area contributed by atoms with E-state index in [0.717, 1.165) is 21.8 Å². The van der Waals surface area contributed by atoms with Crippen LogP contribution in [0.1, 0.15) is 15.9 Å². The molecule has 102 valence electrons. The third-order valence-electron chi connectivity index (χ3n) is 3.95. The number of ether oxygens (including phenoxy) is 1. The van der Waals surface area contributed by atoms with Gasteiger partial charge >= 0.3 is 5.97 Å². The summed E-state index contributed by atoms with van der Waals surface area (Å²) in [6.07, 6.45) is 7.92.